The highest BCUT2D eigenvalue weighted by Gasteiger charge is 2.11. The zero-order valence-electron chi connectivity index (χ0n) is 15.7. The number of rotatable bonds is 9. The molecule has 28 heavy (non-hydrogen) atoms. The van der Waals surface area contributed by atoms with Crippen molar-refractivity contribution in [2.24, 2.45) is 5.73 Å². The Hall–Kier alpha value is -3.55. The van der Waals surface area contributed by atoms with Gasteiger partial charge in [0.25, 0.3) is 5.91 Å². The standard InChI is InChI=1S/C20H22N2O6/c1-26-16-8-3-13(11-17(16)27-2)9-10-22-18(23)12-28-20(25)15-6-4-14(5-7-15)19(21)24/h3-8,11H,9-10,12H2,1-2H3,(H2,21,24)(H,22,23). The average Bonchev–Trinajstić information content (AvgIpc) is 2.71. The van der Waals surface area contributed by atoms with Crippen LogP contribution in [0.3, 0.4) is 0 Å². The molecule has 3 N–H and O–H groups in total. The molecule has 8 nitrogen and oxygen atoms in total. The van der Waals surface area contributed by atoms with E-state index in [-0.39, 0.29) is 11.1 Å². The van der Waals surface area contributed by atoms with Crippen molar-refractivity contribution in [2.75, 3.05) is 27.4 Å². The summed E-state index contributed by atoms with van der Waals surface area (Å²) in [6, 6.07) is 11.2. The number of ether oxygens (including phenoxy) is 3. The van der Waals surface area contributed by atoms with Crippen LogP contribution in [0.5, 0.6) is 11.5 Å². The number of amides is 2. The summed E-state index contributed by atoms with van der Waals surface area (Å²) in [5, 5.41) is 2.68. The summed E-state index contributed by atoms with van der Waals surface area (Å²) in [6.45, 7) is -0.0263. The van der Waals surface area contributed by atoms with Crippen molar-refractivity contribution in [2.45, 2.75) is 6.42 Å². The molecule has 0 heterocycles. The third kappa shape index (κ3) is 5.73. The first kappa shape index (κ1) is 20.8. The molecule has 0 aliphatic heterocycles. The maximum atomic E-state index is 11.9. The number of nitrogens with two attached hydrogens (primary N) is 1. The quantitative estimate of drug-likeness (QED) is 0.628. The number of esters is 1. The topological polar surface area (TPSA) is 117 Å². The van der Waals surface area contributed by atoms with E-state index >= 15 is 0 Å². The lowest BCUT2D eigenvalue weighted by Crippen LogP contribution is -2.30. The number of primary amides is 1. The predicted octanol–water partition coefficient (Wildman–Crippen LogP) is 1.32. The maximum Gasteiger partial charge on any atom is 0.338 e. The Morgan fingerprint density at radius 3 is 2.18 bits per heavy atom. The molecular weight excluding hydrogens is 364 g/mol. The fraction of sp³-hybridized carbons (Fsp3) is 0.250. The van der Waals surface area contributed by atoms with Crippen molar-refractivity contribution in [1.29, 1.82) is 0 Å². The van der Waals surface area contributed by atoms with Gasteiger partial charge in [0.1, 0.15) is 0 Å². The van der Waals surface area contributed by atoms with Crippen LogP contribution in [0.15, 0.2) is 42.5 Å². The fourth-order valence-corrected chi connectivity index (χ4v) is 2.42. The van der Waals surface area contributed by atoms with Gasteiger partial charge in [0.05, 0.1) is 19.8 Å². The molecule has 0 saturated heterocycles. The van der Waals surface area contributed by atoms with E-state index in [2.05, 4.69) is 5.32 Å². The highest BCUT2D eigenvalue weighted by molar-refractivity contribution is 5.95. The second-order valence-corrected chi connectivity index (χ2v) is 5.81. The third-order valence-electron chi connectivity index (χ3n) is 3.92. The first-order valence-electron chi connectivity index (χ1n) is 8.49. The first-order chi connectivity index (χ1) is 13.4. The molecule has 0 radical (unpaired) electrons. The summed E-state index contributed by atoms with van der Waals surface area (Å²) in [5.74, 6) is -0.420. The fourth-order valence-electron chi connectivity index (χ4n) is 2.42. The van der Waals surface area contributed by atoms with Gasteiger partial charge in [-0.3, -0.25) is 9.59 Å². The molecule has 0 saturated carbocycles. The van der Waals surface area contributed by atoms with Gasteiger partial charge in [-0.1, -0.05) is 6.07 Å². The van der Waals surface area contributed by atoms with E-state index in [1.165, 1.54) is 24.3 Å². The second-order valence-electron chi connectivity index (χ2n) is 5.81. The number of benzene rings is 2. The average molecular weight is 386 g/mol. The van der Waals surface area contributed by atoms with Gasteiger partial charge in [-0.2, -0.15) is 0 Å². The highest BCUT2D eigenvalue weighted by atomic mass is 16.5. The van der Waals surface area contributed by atoms with Gasteiger partial charge in [-0.25, -0.2) is 4.79 Å². The molecule has 2 aromatic carbocycles. The molecule has 0 unspecified atom stereocenters. The van der Waals surface area contributed by atoms with Crippen LogP contribution in [0.25, 0.3) is 0 Å². The number of hydrogen-bond acceptors (Lipinski definition) is 6. The van der Waals surface area contributed by atoms with Crippen molar-refractivity contribution in [3.63, 3.8) is 0 Å². The molecule has 148 valence electrons. The van der Waals surface area contributed by atoms with Gasteiger partial charge in [0.2, 0.25) is 5.91 Å². The maximum absolute atomic E-state index is 11.9. The number of hydrogen-bond donors (Lipinski definition) is 2. The summed E-state index contributed by atoms with van der Waals surface area (Å²) in [7, 11) is 3.12. The summed E-state index contributed by atoms with van der Waals surface area (Å²) in [5.41, 5.74) is 6.61. The molecule has 2 rings (SSSR count). The normalized spacial score (nSPS) is 10.1. The van der Waals surface area contributed by atoms with E-state index in [4.69, 9.17) is 19.9 Å². The molecule has 0 spiro atoms. The Labute approximate surface area is 162 Å². The van der Waals surface area contributed by atoms with Crippen LogP contribution < -0.4 is 20.5 Å². The van der Waals surface area contributed by atoms with E-state index in [0.29, 0.717) is 24.5 Å². The highest BCUT2D eigenvalue weighted by Crippen LogP contribution is 2.27. The Morgan fingerprint density at radius 2 is 1.57 bits per heavy atom. The third-order valence-corrected chi connectivity index (χ3v) is 3.92. The number of carbonyl (C=O) groups is 3. The number of carbonyl (C=O) groups excluding carboxylic acids is 3. The lowest BCUT2D eigenvalue weighted by molar-refractivity contribution is -0.124. The van der Waals surface area contributed by atoms with Crippen LogP contribution in [0.2, 0.25) is 0 Å². The molecule has 0 aliphatic carbocycles. The van der Waals surface area contributed by atoms with Crippen LogP contribution >= 0.6 is 0 Å². The zero-order valence-corrected chi connectivity index (χ0v) is 15.7. The lowest BCUT2D eigenvalue weighted by Gasteiger charge is -2.10. The number of nitrogens with one attached hydrogen (secondary N) is 1. The van der Waals surface area contributed by atoms with Crippen LogP contribution in [-0.2, 0) is 16.0 Å². The van der Waals surface area contributed by atoms with Crippen molar-refractivity contribution in [3.05, 3.63) is 59.2 Å². The predicted molar refractivity (Wildman–Crippen MR) is 102 cm³/mol. The smallest absolute Gasteiger partial charge is 0.338 e. The van der Waals surface area contributed by atoms with E-state index in [1.54, 1.807) is 20.3 Å². The summed E-state index contributed by atoms with van der Waals surface area (Å²) in [4.78, 5) is 34.8. The van der Waals surface area contributed by atoms with Crippen LogP contribution in [-0.4, -0.2) is 45.2 Å². The van der Waals surface area contributed by atoms with Gasteiger partial charge >= 0.3 is 5.97 Å². The van der Waals surface area contributed by atoms with Crippen molar-refractivity contribution in [1.82, 2.24) is 5.32 Å². The molecule has 2 aromatic rings. The molecule has 8 heteroatoms. The monoisotopic (exact) mass is 386 g/mol. The minimum atomic E-state index is -0.661. The zero-order chi connectivity index (χ0) is 20.5. The summed E-state index contributed by atoms with van der Waals surface area (Å²) < 4.78 is 15.4. The van der Waals surface area contributed by atoms with Gasteiger partial charge in [-0.15, -0.1) is 0 Å². The molecular formula is C20H22N2O6. The number of methoxy groups -OCH3 is 2. The molecule has 0 aliphatic rings. The summed E-state index contributed by atoms with van der Waals surface area (Å²) >= 11 is 0. The Bertz CT molecular complexity index is 848. The van der Waals surface area contributed by atoms with Crippen molar-refractivity contribution >= 4 is 17.8 Å². The van der Waals surface area contributed by atoms with Crippen LogP contribution in [0.1, 0.15) is 26.3 Å². The van der Waals surface area contributed by atoms with Crippen molar-refractivity contribution in [3.8, 4) is 11.5 Å². The van der Waals surface area contributed by atoms with E-state index in [9.17, 15) is 14.4 Å². The van der Waals surface area contributed by atoms with Gasteiger partial charge in [-0.05, 0) is 48.4 Å². The van der Waals surface area contributed by atoms with Crippen molar-refractivity contribution < 1.29 is 28.6 Å². The van der Waals surface area contributed by atoms with Gasteiger partial charge in [0, 0.05) is 12.1 Å². The molecule has 0 aromatic heterocycles. The molecule has 0 bridgehead atoms. The van der Waals surface area contributed by atoms with E-state index < -0.39 is 24.4 Å². The minimum Gasteiger partial charge on any atom is -0.493 e. The SMILES string of the molecule is COc1ccc(CCNC(=O)COC(=O)c2ccc(C(N)=O)cc2)cc1OC. The summed E-state index contributed by atoms with van der Waals surface area (Å²) in [6.07, 6.45) is 0.578. The Morgan fingerprint density at radius 1 is 0.929 bits per heavy atom. The largest absolute Gasteiger partial charge is 0.493 e. The van der Waals surface area contributed by atoms with Crippen LogP contribution in [0.4, 0.5) is 0 Å². The van der Waals surface area contributed by atoms with E-state index in [0.717, 1.165) is 5.56 Å². The van der Waals surface area contributed by atoms with Crippen LogP contribution in [0, 0.1) is 0 Å². The second kappa shape index (κ2) is 9.96. The molecule has 0 fully saturated rings. The first-order valence-corrected chi connectivity index (χ1v) is 8.49. The molecule has 0 atom stereocenters. The van der Waals surface area contributed by atoms with Gasteiger partial charge < -0.3 is 25.3 Å². The Balaban J connectivity index is 1.76. The minimum absolute atomic E-state index is 0.225. The van der Waals surface area contributed by atoms with E-state index in [1.807, 2.05) is 12.1 Å². The van der Waals surface area contributed by atoms with Gasteiger partial charge in [0.15, 0.2) is 18.1 Å². The Kier molecular flexibility index (Phi) is 7.38. The molecule has 2 amide bonds. The lowest BCUT2D eigenvalue weighted by atomic mass is 10.1.